The molecule has 5 nitrogen and oxygen atoms in total. The summed E-state index contributed by atoms with van der Waals surface area (Å²) in [7, 11) is 1.15. The van der Waals surface area contributed by atoms with E-state index in [2.05, 4.69) is 4.52 Å². The Hall–Kier alpha value is 0.230. The van der Waals surface area contributed by atoms with Crippen molar-refractivity contribution in [3.05, 3.63) is 0 Å². The van der Waals surface area contributed by atoms with Crippen LogP contribution in [-0.4, -0.2) is 38.4 Å². The normalized spacial score (nSPS) is 16.4. The molecule has 0 amide bonds. The molecule has 0 aromatic rings. The van der Waals surface area contributed by atoms with Gasteiger partial charge in [-0.05, 0) is 0 Å². The van der Waals surface area contributed by atoms with Crippen LogP contribution in [0.15, 0.2) is 0 Å². The molecule has 2 atom stereocenters. The SMILES string of the molecule is COC(CN)COP(O)OC. The molecule has 0 radical (unpaired) electrons. The molecule has 0 rings (SSSR count). The number of hydrogen-bond acceptors (Lipinski definition) is 5. The maximum Gasteiger partial charge on any atom is 0.329 e. The Morgan fingerprint density at radius 1 is 1.55 bits per heavy atom. The zero-order valence-electron chi connectivity index (χ0n) is 6.69. The van der Waals surface area contributed by atoms with E-state index in [1.54, 1.807) is 0 Å². The van der Waals surface area contributed by atoms with Crippen LogP contribution in [-0.2, 0) is 13.8 Å². The molecule has 0 fully saturated rings. The van der Waals surface area contributed by atoms with Crippen molar-refractivity contribution in [1.82, 2.24) is 0 Å². The summed E-state index contributed by atoms with van der Waals surface area (Å²) in [6.07, 6.45) is -0.178. The van der Waals surface area contributed by atoms with E-state index < -0.39 is 8.60 Å². The third kappa shape index (κ3) is 5.49. The van der Waals surface area contributed by atoms with Crippen molar-refractivity contribution in [3.8, 4) is 0 Å². The van der Waals surface area contributed by atoms with Gasteiger partial charge in [-0.3, -0.25) is 0 Å². The van der Waals surface area contributed by atoms with E-state index in [0.717, 1.165) is 0 Å². The highest BCUT2D eigenvalue weighted by molar-refractivity contribution is 7.40. The lowest BCUT2D eigenvalue weighted by Gasteiger charge is -2.14. The van der Waals surface area contributed by atoms with Crippen molar-refractivity contribution < 1.29 is 18.7 Å². The van der Waals surface area contributed by atoms with Gasteiger partial charge in [-0.25, -0.2) is 0 Å². The number of nitrogens with two attached hydrogens (primary N) is 1. The monoisotopic (exact) mass is 183 g/mol. The lowest BCUT2D eigenvalue weighted by Crippen LogP contribution is -2.26. The van der Waals surface area contributed by atoms with E-state index in [-0.39, 0.29) is 12.7 Å². The van der Waals surface area contributed by atoms with Crippen LogP contribution in [0.1, 0.15) is 0 Å². The lowest BCUT2D eigenvalue weighted by atomic mass is 10.4. The Bertz CT molecular complexity index is 90.6. The van der Waals surface area contributed by atoms with Gasteiger partial charge in [0.25, 0.3) is 0 Å². The standard InChI is InChI=1S/C5H14NO4P/c1-8-5(3-6)4-10-11(7)9-2/h5,7H,3-4,6H2,1-2H3. The van der Waals surface area contributed by atoms with Gasteiger partial charge in [0.2, 0.25) is 0 Å². The Balaban J connectivity index is 3.34. The quantitative estimate of drug-likeness (QED) is 0.560. The first-order valence-corrected chi connectivity index (χ1v) is 4.26. The molecule has 0 aromatic carbocycles. The van der Waals surface area contributed by atoms with Crippen molar-refractivity contribution in [3.63, 3.8) is 0 Å². The topological polar surface area (TPSA) is 73.9 Å². The Kier molecular flexibility index (Phi) is 7.06. The van der Waals surface area contributed by atoms with Crippen molar-refractivity contribution in [2.45, 2.75) is 6.10 Å². The fourth-order valence-electron chi connectivity index (χ4n) is 0.432. The molecular weight excluding hydrogens is 169 g/mol. The highest BCUT2D eigenvalue weighted by Gasteiger charge is 2.09. The first-order chi connectivity index (χ1) is 5.24. The highest BCUT2D eigenvalue weighted by Crippen LogP contribution is 2.30. The summed E-state index contributed by atoms with van der Waals surface area (Å²) < 4.78 is 14.2. The maximum atomic E-state index is 8.82. The summed E-state index contributed by atoms with van der Waals surface area (Å²) in [5.41, 5.74) is 5.29. The number of ether oxygens (including phenoxy) is 1. The van der Waals surface area contributed by atoms with E-state index in [4.69, 9.17) is 19.9 Å². The third-order valence-corrected chi connectivity index (χ3v) is 1.81. The van der Waals surface area contributed by atoms with Gasteiger partial charge < -0.3 is 24.4 Å². The van der Waals surface area contributed by atoms with Crippen LogP contribution in [0.2, 0.25) is 0 Å². The summed E-state index contributed by atoms with van der Waals surface area (Å²) in [6, 6.07) is 0. The lowest BCUT2D eigenvalue weighted by molar-refractivity contribution is 0.0576. The predicted octanol–water partition coefficient (Wildman–Crippen LogP) is -0.158. The summed E-state index contributed by atoms with van der Waals surface area (Å²) in [5, 5.41) is 0. The first kappa shape index (κ1) is 11.2. The van der Waals surface area contributed by atoms with Crippen molar-refractivity contribution in [2.75, 3.05) is 27.4 Å². The Labute approximate surface area is 67.4 Å². The molecule has 2 unspecified atom stereocenters. The van der Waals surface area contributed by atoms with Crippen molar-refractivity contribution in [2.24, 2.45) is 5.73 Å². The van der Waals surface area contributed by atoms with Gasteiger partial charge in [-0.1, -0.05) is 0 Å². The highest BCUT2D eigenvalue weighted by atomic mass is 31.2. The van der Waals surface area contributed by atoms with Crippen LogP contribution in [0.3, 0.4) is 0 Å². The van der Waals surface area contributed by atoms with Crippen LogP contribution in [0.4, 0.5) is 0 Å². The van der Waals surface area contributed by atoms with Crippen LogP contribution in [0.25, 0.3) is 0 Å². The molecule has 68 valence electrons. The van der Waals surface area contributed by atoms with Crippen LogP contribution >= 0.6 is 8.60 Å². The molecule has 3 N–H and O–H groups in total. The minimum absolute atomic E-state index is 0.178. The van der Waals surface area contributed by atoms with Crippen LogP contribution in [0, 0.1) is 0 Å². The third-order valence-electron chi connectivity index (χ3n) is 1.12. The zero-order valence-corrected chi connectivity index (χ0v) is 7.58. The van der Waals surface area contributed by atoms with E-state index in [9.17, 15) is 0 Å². The minimum Gasteiger partial charge on any atom is -0.378 e. The predicted molar refractivity (Wildman–Crippen MR) is 42.0 cm³/mol. The molecule has 0 heterocycles. The summed E-state index contributed by atoms with van der Waals surface area (Å²) in [6.45, 7) is 0.617. The summed E-state index contributed by atoms with van der Waals surface area (Å²) >= 11 is 0. The summed E-state index contributed by atoms with van der Waals surface area (Å²) in [5.74, 6) is 0. The minimum atomic E-state index is -1.76. The Morgan fingerprint density at radius 3 is 2.55 bits per heavy atom. The second kappa shape index (κ2) is 6.91. The van der Waals surface area contributed by atoms with Crippen LogP contribution in [0.5, 0.6) is 0 Å². The molecular formula is C5H14NO4P. The molecule has 11 heavy (non-hydrogen) atoms. The molecule has 0 saturated carbocycles. The van der Waals surface area contributed by atoms with Gasteiger partial charge in [0.05, 0.1) is 12.7 Å². The first-order valence-electron chi connectivity index (χ1n) is 3.13. The van der Waals surface area contributed by atoms with Gasteiger partial charge in [-0.15, -0.1) is 0 Å². The largest absolute Gasteiger partial charge is 0.378 e. The maximum absolute atomic E-state index is 8.82. The second-order valence-corrected chi connectivity index (χ2v) is 2.91. The van der Waals surface area contributed by atoms with E-state index >= 15 is 0 Å². The fourth-order valence-corrected chi connectivity index (χ4v) is 0.831. The molecule has 0 aromatic heterocycles. The summed E-state index contributed by atoms with van der Waals surface area (Å²) in [4.78, 5) is 8.82. The van der Waals surface area contributed by atoms with Crippen LogP contribution < -0.4 is 5.73 Å². The molecule has 0 spiro atoms. The van der Waals surface area contributed by atoms with E-state index in [1.807, 2.05) is 0 Å². The van der Waals surface area contributed by atoms with Gasteiger partial charge in [0, 0.05) is 20.8 Å². The van der Waals surface area contributed by atoms with Crippen molar-refractivity contribution in [1.29, 1.82) is 0 Å². The fraction of sp³-hybridized carbons (Fsp3) is 1.00. The van der Waals surface area contributed by atoms with Gasteiger partial charge >= 0.3 is 8.60 Å². The van der Waals surface area contributed by atoms with Gasteiger partial charge in [0.1, 0.15) is 0 Å². The average Bonchev–Trinajstić information content (AvgIpc) is 2.06. The number of rotatable bonds is 6. The van der Waals surface area contributed by atoms with E-state index in [0.29, 0.717) is 6.54 Å². The van der Waals surface area contributed by atoms with Gasteiger partial charge in [0.15, 0.2) is 0 Å². The zero-order chi connectivity index (χ0) is 8.69. The number of hydrogen-bond donors (Lipinski definition) is 2. The average molecular weight is 183 g/mol. The number of methoxy groups -OCH3 is 1. The molecule has 0 aliphatic heterocycles. The molecule has 0 saturated heterocycles. The smallest absolute Gasteiger partial charge is 0.329 e. The molecule has 0 aliphatic carbocycles. The second-order valence-electron chi connectivity index (χ2n) is 1.81. The van der Waals surface area contributed by atoms with E-state index in [1.165, 1.54) is 14.2 Å². The Morgan fingerprint density at radius 2 is 2.18 bits per heavy atom. The molecule has 6 heteroatoms. The molecule has 0 bridgehead atoms. The van der Waals surface area contributed by atoms with Crippen molar-refractivity contribution >= 4 is 8.60 Å². The van der Waals surface area contributed by atoms with Gasteiger partial charge in [-0.2, -0.15) is 0 Å². The molecule has 0 aliphatic rings.